The van der Waals surface area contributed by atoms with Crippen molar-refractivity contribution in [3.8, 4) is 5.75 Å². The number of halogens is 2. The Bertz CT molecular complexity index is 836. The SMILES string of the molecule is CCOC(=O)C=Cc1ccc(NC(=O)C(C)Oc2ccc(F)cc2Br)cc1. The van der Waals surface area contributed by atoms with Gasteiger partial charge in [-0.15, -0.1) is 0 Å². The number of ether oxygens (including phenoxy) is 2. The fourth-order valence-electron chi connectivity index (χ4n) is 2.09. The minimum absolute atomic E-state index is 0.322. The molecule has 27 heavy (non-hydrogen) atoms. The molecule has 2 rings (SSSR count). The highest BCUT2D eigenvalue weighted by Crippen LogP contribution is 2.26. The number of amides is 1. The van der Waals surface area contributed by atoms with Gasteiger partial charge < -0.3 is 14.8 Å². The third-order valence-corrected chi connectivity index (χ3v) is 4.06. The Morgan fingerprint density at radius 3 is 2.56 bits per heavy atom. The molecule has 0 aliphatic heterocycles. The van der Waals surface area contributed by atoms with Crippen molar-refractivity contribution in [3.05, 3.63) is 64.4 Å². The summed E-state index contributed by atoms with van der Waals surface area (Å²) in [5.41, 5.74) is 1.38. The molecular weight excluding hydrogens is 417 g/mol. The molecule has 0 bridgehead atoms. The Balaban J connectivity index is 1.93. The van der Waals surface area contributed by atoms with Gasteiger partial charge in [0.1, 0.15) is 11.6 Å². The molecule has 0 saturated heterocycles. The van der Waals surface area contributed by atoms with E-state index in [9.17, 15) is 14.0 Å². The van der Waals surface area contributed by atoms with Gasteiger partial charge in [-0.05, 0) is 71.7 Å². The summed E-state index contributed by atoms with van der Waals surface area (Å²) in [6.07, 6.45) is 2.18. The molecule has 0 aliphatic rings. The van der Waals surface area contributed by atoms with E-state index in [0.29, 0.717) is 22.5 Å². The van der Waals surface area contributed by atoms with Crippen LogP contribution in [0.4, 0.5) is 10.1 Å². The molecule has 142 valence electrons. The van der Waals surface area contributed by atoms with Crippen molar-refractivity contribution in [1.82, 2.24) is 0 Å². The molecular formula is C20H19BrFNO4. The lowest BCUT2D eigenvalue weighted by molar-refractivity contribution is -0.137. The second-order valence-electron chi connectivity index (χ2n) is 5.53. The van der Waals surface area contributed by atoms with Gasteiger partial charge >= 0.3 is 5.97 Å². The van der Waals surface area contributed by atoms with Crippen LogP contribution in [0.1, 0.15) is 19.4 Å². The fourth-order valence-corrected chi connectivity index (χ4v) is 2.54. The van der Waals surface area contributed by atoms with E-state index in [1.807, 2.05) is 0 Å². The van der Waals surface area contributed by atoms with Crippen LogP contribution in [0, 0.1) is 5.82 Å². The summed E-state index contributed by atoms with van der Waals surface area (Å²) in [7, 11) is 0. The van der Waals surface area contributed by atoms with E-state index in [2.05, 4.69) is 21.2 Å². The summed E-state index contributed by atoms with van der Waals surface area (Å²) in [4.78, 5) is 23.6. The number of benzene rings is 2. The zero-order chi connectivity index (χ0) is 19.8. The van der Waals surface area contributed by atoms with Crippen molar-refractivity contribution in [2.45, 2.75) is 20.0 Å². The van der Waals surface area contributed by atoms with Gasteiger partial charge in [0.25, 0.3) is 5.91 Å². The van der Waals surface area contributed by atoms with E-state index >= 15 is 0 Å². The van der Waals surface area contributed by atoms with Crippen LogP contribution < -0.4 is 10.1 Å². The van der Waals surface area contributed by atoms with Crippen LogP contribution in [-0.2, 0) is 14.3 Å². The smallest absolute Gasteiger partial charge is 0.330 e. The summed E-state index contributed by atoms with van der Waals surface area (Å²) in [6.45, 7) is 3.66. The topological polar surface area (TPSA) is 64.6 Å². The first-order valence-electron chi connectivity index (χ1n) is 8.26. The Hall–Kier alpha value is -2.67. The first-order valence-corrected chi connectivity index (χ1v) is 9.06. The largest absolute Gasteiger partial charge is 0.480 e. The van der Waals surface area contributed by atoms with Crippen molar-refractivity contribution < 1.29 is 23.5 Å². The Labute approximate surface area is 165 Å². The lowest BCUT2D eigenvalue weighted by Crippen LogP contribution is -2.30. The second-order valence-corrected chi connectivity index (χ2v) is 6.39. The summed E-state index contributed by atoms with van der Waals surface area (Å²) in [5.74, 6) is -0.782. The van der Waals surface area contributed by atoms with Crippen molar-refractivity contribution in [2.75, 3.05) is 11.9 Å². The molecule has 7 heteroatoms. The minimum atomic E-state index is -0.782. The number of hydrogen-bond acceptors (Lipinski definition) is 4. The molecule has 0 radical (unpaired) electrons. The second kappa shape index (κ2) is 9.87. The Morgan fingerprint density at radius 1 is 1.22 bits per heavy atom. The van der Waals surface area contributed by atoms with Crippen molar-refractivity contribution in [3.63, 3.8) is 0 Å². The number of rotatable bonds is 7. The van der Waals surface area contributed by atoms with E-state index in [4.69, 9.17) is 9.47 Å². The molecule has 0 saturated carbocycles. The highest BCUT2D eigenvalue weighted by molar-refractivity contribution is 9.10. The van der Waals surface area contributed by atoms with Gasteiger partial charge in [0, 0.05) is 11.8 Å². The first kappa shape index (κ1) is 20.6. The van der Waals surface area contributed by atoms with Gasteiger partial charge in [-0.3, -0.25) is 4.79 Å². The van der Waals surface area contributed by atoms with Crippen LogP contribution in [0.2, 0.25) is 0 Å². The van der Waals surface area contributed by atoms with Crippen molar-refractivity contribution >= 4 is 39.6 Å². The van der Waals surface area contributed by atoms with Crippen LogP contribution in [0.3, 0.4) is 0 Å². The van der Waals surface area contributed by atoms with Gasteiger partial charge in [0.2, 0.25) is 0 Å². The maximum absolute atomic E-state index is 13.1. The maximum Gasteiger partial charge on any atom is 0.330 e. The van der Waals surface area contributed by atoms with Crippen LogP contribution in [0.25, 0.3) is 6.08 Å². The summed E-state index contributed by atoms with van der Waals surface area (Å²) in [5, 5.41) is 2.74. The van der Waals surface area contributed by atoms with E-state index in [1.165, 1.54) is 24.3 Å². The molecule has 1 unspecified atom stereocenters. The number of hydrogen-bond donors (Lipinski definition) is 1. The molecule has 0 spiro atoms. The quantitative estimate of drug-likeness (QED) is 0.510. The maximum atomic E-state index is 13.1. The van der Waals surface area contributed by atoms with Gasteiger partial charge in [0.05, 0.1) is 11.1 Å². The molecule has 0 fully saturated rings. The number of carbonyl (C=O) groups excluding carboxylic acids is 2. The van der Waals surface area contributed by atoms with Gasteiger partial charge in [0.15, 0.2) is 6.10 Å². The summed E-state index contributed by atoms with van der Waals surface area (Å²) in [6, 6.07) is 10.9. The summed E-state index contributed by atoms with van der Waals surface area (Å²) < 4.78 is 23.9. The summed E-state index contributed by atoms with van der Waals surface area (Å²) >= 11 is 3.20. The average Bonchev–Trinajstić information content (AvgIpc) is 2.63. The van der Waals surface area contributed by atoms with E-state index in [1.54, 1.807) is 44.2 Å². The van der Waals surface area contributed by atoms with Gasteiger partial charge in [-0.2, -0.15) is 0 Å². The van der Waals surface area contributed by atoms with E-state index < -0.39 is 17.9 Å². The van der Waals surface area contributed by atoms with Crippen molar-refractivity contribution in [2.24, 2.45) is 0 Å². The molecule has 1 N–H and O–H groups in total. The number of carbonyl (C=O) groups is 2. The lowest BCUT2D eigenvalue weighted by atomic mass is 10.2. The van der Waals surface area contributed by atoms with Crippen LogP contribution in [-0.4, -0.2) is 24.6 Å². The van der Waals surface area contributed by atoms with Gasteiger partial charge in [-0.25, -0.2) is 9.18 Å². The van der Waals surface area contributed by atoms with Crippen molar-refractivity contribution in [1.29, 1.82) is 0 Å². The van der Waals surface area contributed by atoms with Crippen LogP contribution in [0.15, 0.2) is 53.0 Å². The zero-order valence-corrected chi connectivity index (χ0v) is 16.5. The third-order valence-electron chi connectivity index (χ3n) is 3.44. The van der Waals surface area contributed by atoms with E-state index in [-0.39, 0.29) is 5.91 Å². The Morgan fingerprint density at radius 2 is 1.93 bits per heavy atom. The highest BCUT2D eigenvalue weighted by atomic mass is 79.9. The third kappa shape index (κ3) is 6.53. The molecule has 0 heterocycles. The van der Waals surface area contributed by atoms with Crippen LogP contribution >= 0.6 is 15.9 Å². The number of esters is 1. The molecule has 2 aromatic rings. The Kier molecular flexibility index (Phi) is 7.55. The molecule has 2 aromatic carbocycles. The molecule has 5 nitrogen and oxygen atoms in total. The molecule has 0 aliphatic carbocycles. The standard InChI is InChI=1S/C20H19BrFNO4/c1-3-26-19(24)11-6-14-4-8-16(9-5-14)23-20(25)13(2)27-18-10-7-15(22)12-17(18)21/h4-13H,3H2,1-2H3,(H,23,25). The predicted octanol–water partition coefficient (Wildman–Crippen LogP) is 4.57. The normalized spacial score (nSPS) is 11.9. The zero-order valence-electron chi connectivity index (χ0n) is 14.9. The minimum Gasteiger partial charge on any atom is -0.480 e. The monoisotopic (exact) mass is 435 g/mol. The molecule has 1 atom stereocenters. The molecule has 1 amide bonds. The number of nitrogens with one attached hydrogen (secondary N) is 1. The molecule has 0 aromatic heterocycles. The lowest BCUT2D eigenvalue weighted by Gasteiger charge is -2.16. The fraction of sp³-hybridized carbons (Fsp3) is 0.200. The number of anilines is 1. The first-order chi connectivity index (χ1) is 12.9. The highest BCUT2D eigenvalue weighted by Gasteiger charge is 2.16. The average molecular weight is 436 g/mol. The van der Waals surface area contributed by atoms with Gasteiger partial charge in [-0.1, -0.05) is 12.1 Å². The van der Waals surface area contributed by atoms with Crippen LogP contribution in [0.5, 0.6) is 5.75 Å². The predicted molar refractivity (Wildman–Crippen MR) is 105 cm³/mol. The van der Waals surface area contributed by atoms with E-state index in [0.717, 1.165) is 5.56 Å².